The average Bonchev–Trinajstić information content (AvgIpc) is 2.27. The topological polar surface area (TPSA) is 66.4 Å². The van der Waals surface area contributed by atoms with E-state index in [9.17, 15) is 9.59 Å². The van der Waals surface area contributed by atoms with E-state index in [1.165, 1.54) is 0 Å². The van der Waals surface area contributed by atoms with E-state index in [-0.39, 0.29) is 5.91 Å². The third kappa shape index (κ3) is 3.57. The average molecular weight is 314 g/mol. The molecule has 2 atom stereocenters. The van der Waals surface area contributed by atoms with Crippen LogP contribution in [0.25, 0.3) is 0 Å². The Morgan fingerprint density at radius 3 is 2.44 bits per heavy atom. The fraction of sp³-hybridized carbons (Fsp3) is 0.385. The van der Waals surface area contributed by atoms with Gasteiger partial charge in [-0.25, -0.2) is 0 Å². The zero-order chi connectivity index (χ0) is 13.9. The molecule has 98 valence electrons. The number of amides is 1. The van der Waals surface area contributed by atoms with Crippen LogP contribution in [0, 0.1) is 12.8 Å². The van der Waals surface area contributed by atoms with Crippen molar-refractivity contribution >= 4 is 27.8 Å². The Morgan fingerprint density at radius 2 is 1.94 bits per heavy atom. The van der Waals surface area contributed by atoms with Gasteiger partial charge < -0.3 is 10.4 Å². The van der Waals surface area contributed by atoms with E-state index in [0.29, 0.717) is 5.56 Å². The Labute approximate surface area is 115 Å². The Hall–Kier alpha value is -1.36. The molecule has 18 heavy (non-hydrogen) atoms. The molecule has 0 aliphatic carbocycles. The van der Waals surface area contributed by atoms with Crippen molar-refractivity contribution in [3.8, 4) is 0 Å². The number of aliphatic carboxylic acids is 1. The number of rotatable bonds is 4. The van der Waals surface area contributed by atoms with Gasteiger partial charge in [-0.15, -0.1) is 0 Å². The molecule has 2 N–H and O–H groups in total. The summed E-state index contributed by atoms with van der Waals surface area (Å²) in [7, 11) is 0. The Kier molecular flexibility index (Phi) is 4.90. The van der Waals surface area contributed by atoms with Crippen molar-refractivity contribution in [2.75, 3.05) is 0 Å². The zero-order valence-corrected chi connectivity index (χ0v) is 12.1. The van der Waals surface area contributed by atoms with Crippen molar-refractivity contribution in [2.45, 2.75) is 26.8 Å². The Morgan fingerprint density at radius 1 is 1.33 bits per heavy atom. The third-order valence-electron chi connectivity index (χ3n) is 2.93. The largest absolute Gasteiger partial charge is 0.481 e. The maximum absolute atomic E-state index is 12.0. The molecule has 1 aromatic rings. The molecule has 1 rings (SSSR count). The molecule has 0 bridgehead atoms. The third-order valence-corrected chi connectivity index (χ3v) is 3.42. The summed E-state index contributed by atoms with van der Waals surface area (Å²) in [6.07, 6.45) is 0. The van der Waals surface area contributed by atoms with Crippen LogP contribution in [0.5, 0.6) is 0 Å². The van der Waals surface area contributed by atoms with E-state index in [0.717, 1.165) is 10.0 Å². The summed E-state index contributed by atoms with van der Waals surface area (Å²) in [5.74, 6) is -1.79. The lowest BCUT2D eigenvalue weighted by Gasteiger charge is -2.18. The highest BCUT2D eigenvalue weighted by atomic mass is 79.9. The molecule has 0 aliphatic heterocycles. The molecular weight excluding hydrogens is 298 g/mol. The van der Waals surface area contributed by atoms with Gasteiger partial charge in [-0.2, -0.15) is 0 Å². The van der Waals surface area contributed by atoms with Crippen molar-refractivity contribution in [1.82, 2.24) is 5.32 Å². The molecule has 0 aliphatic rings. The van der Waals surface area contributed by atoms with Crippen molar-refractivity contribution < 1.29 is 14.7 Å². The minimum absolute atomic E-state index is 0.249. The smallest absolute Gasteiger partial charge is 0.308 e. The van der Waals surface area contributed by atoms with E-state index in [4.69, 9.17) is 5.11 Å². The van der Waals surface area contributed by atoms with Crippen LogP contribution < -0.4 is 5.32 Å². The molecule has 2 unspecified atom stereocenters. The van der Waals surface area contributed by atoms with E-state index < -0.39 is 17.9 Å². The summed E-state index contributed by atoms with van der Waals surface area (Å²) >= 11 is 3.33. The minimum Gasteiger partial charge on any atom is -0.481 e. The summed E-state index contributed by atoms with van der Waals surface area (Å²) in [5.41, 5.74) is 1.40. The first-order valence-electron chi connectivity index (χ1n) is 5.62. The number of carbonyl (C=O) groups excluding carboxylic acids is 1. The first kappa shape index (κ1) is 14.7. The van der Waals surface area contributed by atoms with Gasteiger partial charge in [0.1, 0.15) is 0 Å². The van der Waals surface area contributed by atoms with Crippen LogP contribution >= 0.6 is 15.9 Å². The Bertz CT molecular complexity index is 473. The molecular formula is C13H16BrNO3. The number of carboxylic acids is 1. The van der Waals surface area contributed by atoms with E-state index in [1.54, 1.807) is 26.0 Å². The first-order chi connectivity index (χ1) is 8.32. The summed E-state index contributed by atoms with van der Waals surface area (Å²) < 4.78 is 0.906. The van der Waals surface area contributed by atoms with Crippen LogP contribution in [0.4, 0.5) is 0 Å². The highest BCUT2D eigenvalue weighted by molar-refractivity contribution is 9.10. The number of aryl methyl sites for hydroxylation is 1. The van der Waals surface area contributed by atoms with Gasteiger partial charge in [0, 0.05) is 16.1 Å². The summed E-state index contributed by atoms with van der Waals surface area (Å²) in [6, 6.07) is 4.93. The summed E-state index contributed by atoms with van der Waals surface area (Å²) in [4.78, 5) is 22.8. The molecule has 4 nitrogen and oxygen atoms in total. The van der Waals surface area contributed by atoms with Crippen LogP contribution in [0.1, 0.15) is 29.8 Å². The van der Waals surface area contributed by atoms with Crippen molar-refractivity contribution in [1.29, 1.82) is 0 Å². The van der Waals surface area contributed by atoms with Gasteiger partial charge in [0.15, 0.2) is 0 Å². The lowest BCUT2D eigenvalue weighted by molar-refractivity contribution is -0.141. The molecule has 0 saturated carbocycles. The van der Waals surface area contributed by atoms with Crippen LogP contribution in [0.2, 0.25) is 0 Å². The second-order valence-corrected chi connectivity index (χ2v) is 5.26. The number of carboxylic acid groups (broad SMARTS) is 1. The fourth-order valence-corrected chi connectivity index (χ4v) is 1.98. The molecule has 0 heterocycles. The van der Waals surface area contributed by atoms with Gasteiger partial charge in [-0.05, 0) is 44.5 Å². The molecule has 0 aromatic heterocycles. The SMILES string of the molecule is Cc1cc(Br)ccc1C(=O)NC(C)C(C)C(=O)O. The Balaban J connectivity index is 2.79. The lowest BCUT2D eigenvalue weighted by Crippen LogP contribution is -2.40. The summed E-state index contributed by atoms with van der Waals surface area (Å²) in [6.45, 7) is 5.09. The van der Waals surface area contributed by atoms with Crippen molar-refractivity contribution in [2.24, 2.45) is 5.92 Å². The van der Waals surface area contributed by atoms with Crippen LogP contribution in [-0.4, -0.2) is 23.0 Å². The predicted molar refractivity (Wildman–Crippen MR) is 72.6 cm³/mol. The van der Waals surface area contributed by atoms with E-state index in [1.807, 2.05) is 13.0 Å². The predicted octanol–water partition coefficient (Wildman–Crippen LogP) is 2.60. The maximum Gasteiger partial charge on any atom is 0.308 e. The lowest BCUT2D eigenvalue weighted by atomic mass is 10.0. The number of halogens is 1. The first-order valence-corrected chi connectivity index (χ1v) is 6.42. The molecule has 0 spiro atoms. The second kappa shape index (κ2) is 6.00. The standard InChI is InChI=1S/C13H16BrNO3/c1-7-6-10(14)4-5-11(7)12(16)15-9(3)8(2)13(17)18/h4-6,8-9H,1-3H3,(H,15,16)(H,17,18). The molecule has 1 aromatic carbocycles. The minimum atomic E-state index is -0.921. The van der Waals surface area contributed by atoms with Gasteiger partial charge in [0.25, 0.3) is 5.91 Å². The number of benzene rings is 1. The van der Waals surface area contributed by atoms with Gasteiger partial charge >= 0.3 is 5.97 Å². The van der Waals surface area contributed by atoms with Gasteiger partial charge in [0.2, 0.25) is 0 Å². The van der Waals surface area contributed by atoms with Gasteiger partial charge in [0.05, 0.1) is 5.92 Å². The normalized spacial score (nSPS) is 13.8. The molecule has 5 heteroatoms. The van der Waals surface area contributed by atoms with E-state index in [2.05, 4.69) is 21.2 Å². The van der Waals surface area contributed by atoms with Crippen LogP contribution in [-0.2, 0) is 4.79 Å². The van der Waals surface area contributed by atoms with Crippen LogP contribution in [0.3, 0.4) is 0 Å². The quantitative estimate of drug-likeness (QED) is 0.898. The molecule has 1 amide bonds. The monoisotopic (exact) mass is 313 g/mol. The summed E-state index contributed by atoms with van der Waals surface area (Å²) in [5, 5.41) is 11.6. The molecule has 0 saturated heterocycles. The highest BCUT2D eigenvalue weighted by Gasteiger charge is 2.21. The number of nitrogens with one attached hydrogen (secondary N) is 1. The molecule has 0 fully saturated rings. The van der Waals surface area contributed by atoms with Crippen molar-refractivity contribution in [3.63, 3.8) is 0 Å². The van der Waals surface area contributed by atoms with E-state index >= 15 is 0 Å². The fourth-order valence-electron chi connectivity index (χ4n) is 1.51. The van der Waals surface area contributed by atoms with Crippen LogP contribution in [0.15, 0.2) is 22.7 Å². The maximum atomic E-state index is 12.0. The number of carbonyl (C=O) groups is 2. The zero-order valence-electron chi connectivity index (χ0n) is 10.5. The van der Waals surface area contributed by atoms with Gasteiger partial charge in [-0.1, -0.05) is 15.9 Å². The number of hydrogen-bond acceptors (Lipinski definition) is 2. The molecule has 0 radical (unpaired) electrons. The number of hydrogen-bond donors (Lipinski definition) is 2. The highest BCUT2D eigenvalue weighted by Crippen LogP contribution is 2.16. The van der Waals surface area contributed by atoms with Crippen molar-refractivity contribution in [3.05, 3.63) is 33.8 Å². The van der Waals surface area contributed by atoms with Gasteiger partial charge in [-0.3, -0.25) is 9.59 Å². The second-order valence-electron chi connectivity index (χ2n) is 4.35.